The van der Waals surface area contributed by atoms with Crippen molar-refractivity contribution in [3.63, 3.8) is 0 Å². The second-order valence-electron chi connectivity index (χ2n) is 6.24. The van der Waals surface area contributed by atoms with Crippen LogP contribution in [0.2, 0.25) is 0 Å². The van der Waals surface area contributed by atoms with E-state index in [1.165, 1.54) is 11.3 Å². The number of piperazine rings is 1. The van der Waals surface area contributed by atoms with Crippen molar-refractivity contribution in [2.75, 3.05) is 51.2 Å². The fourth-order valence-electron chi connectivity index (χ4n) is 2.84. The van der Waals surface area contributed by atoms with Crippen LogP contribution in [0.4, 0.5) is 5.13 Å². The number of carbonyl (C=O) groups is 1. The smallest absolute Gasteiger partial charge is 0.242 e. The highest BCUT2D eigenvalue weighted by molar-refractivity contribution is 9.10. The lowest BCUT2D eigenvalue weighted by Gasteiger charge is -2.32. The van der Waals surface area contributed by atoms with Gasteiger partial charge in [0.05, 0.1) is 12.2 Å². The average molecular weight is 423 g/mol. The third-order valence-electron chi connectivity index (χ3n) is 4.43. The molecule has 1 aromatic carbocycles. The summed E-state index contributed by atoms with van der Waals surface area (Å²) < 4.78 is 1.05. The van der Waals surface area contributed by atoms with Crippen LogP contribution in [0.1, 0.15) is 6.92 Å². The molecule has 0 spiro atoms. The Morgan fingerprint density at radius 1 is 1.24 bits per heavy atom. The molecule has 1 aliphatic heterocycles. The van der Waals surface area contributed by atoms with E-state index in [4.69, 9.17) is 0 Å². The van der Waals surface area contributed by atoms with Crippen LogP contribution in [0.15, 0.2) is 34.1 Å². The molecule has 134 valence electrons. The molecule has 25 heavy (non-hydrogen) atoms. The summed E-state index contributed by atoms with van der Waals surface area (Å²) in [4.78, 5) is 23.8. The van der Waals surface area contributed by atoms with Crippen LogP contribution in [-0.2, 0) is 4.79 Å². The molecule has 1 aliphatic rings. The Morgan fingerprint density at radius 2 is 1.92 bits per heavy atom. The number of likely N-dealkylation sites (N-methyl/N-ethyl adjacent to an activating group) is 2. The Bertz CT molecular complexity index is 710. The van der Waals surface area contributed by atoms with E-state index in [0.29, 0.717) is 13.1 Å². The quantitative estimate of drug-likeness (QED) is 0.741. The van der Waals surface area contributed by atoms with Crippen molar-refractivity contribution in [2.45, 2.75) is 6.92 Å². The number of amides is 1. The van der Waals surface area contributed by atoms with Crippen LogP contribution in [0.25, 0.3) is 11.3 Å². The minimum absolute atomic E-state index is 0.128. The van der Waals surface area contributed by atoms with Crippen LogP contribution in [0.3, 0.4) is 0 Å². The SMILES string of the molecule is CCN(C(=O)CN1CCN(C)CC1)c1nc(-c2ccc(Br)cc2)cs1. The maximum absolute atomic E-state index is 12.7. The molecule has 7 heteroatoms. The summed E-state index contributed by atoms with van der Waals surface area (Å²) in [6, 6.07) is 8.07. The van der Waals surface area contributed by atoms with Crippen molar-refractivity contribution < 1.29 is 4.79 Å². The van der Waals surface area contributed by atoms with E-state index in [-0.39, 0.29) is 5.91 Å². The molecule has 5 nitrogen and oxygen atoms in total. The van der Waals surface area contributed by atoms with Crippen molar-refractivity contribution in [3.8, 4) is 11.3 Å². The van der Waals surface area contributed by atoms with Gasteiger partial charge in [-0.25, -0.2) is 4.98 Å². The van der Waals surface area contributed by atoms with E-state index in [2.05, 4.69) is 37.8 Å². The first kappa shape index (κ1) is 18.5. The zero-order chi connectivity index (χ0) is 17.8. The molecule has 0 bridgehead atoms. The third kappa shape index (κ3) is 4.67. The number of halogens is 1. The van der Waals surface area contributed by atoms with Crippen LogP contribution < -0.4 is 4.90 Å². The van der Waals surface area contributed by atoms with Gasteiger partial charge in [-0.15, -0.1) is 11.3 Å². The second kappa shape index (κ2) is 8.40. The van der Waals surface area contributed by atoms with Gasteiger partial charge in [-0.1, -0.05) is 28.1 Å². The van der Waals surface area contributed by atoms with E-state index in [1.54, 1.807) is 4.90 Å². The van der Waals surface area contributed by atoms with Crippen LogP contribution in [-0.4, -0.2) is 67.0 Å². The van der Waals surface area contributed by atoms with Gasteiger partial charge in [0.15, 0.2) is 5.13 Å². The molecule has 0 saturated carbocycles. The van der Waals surface area contributed by atoms with E-state index in [9.17, 15) is 4.79 Å². The number of thiazole rings is 1. The summed E-state index contributed by atoms with van der Waals surface area (Å²) in [6.45, 7) is 7.04. The minimum Gasteiger partial charge on any atom is -0.304 e. The Balaban J connectivity index is 1.68. The molecular formula is C18H23BrN4OS. The third-order valence-corrected chi connectivity index (χ3v) is 5.83. The highest BCUT2D eigenvalue weighted by Crippen LogP contribution is 2.28. The number of aromatic nitrogens is 1. The standard InChI is InChI=1S/C18H23BrN4OS/c1-3-23(17(24)12-22-10-8-21(2)9-11-22)18-20-16(13-25-18)14-4-6-15(19)7-5-14/h4-7,13H,3,8-12H2,1-2H3. The Morgan fingerprint density at radius 3 is 2.56 bits per heavy atom. The van der Waals surface area contributed by atoms with Gasteiger partial charge in [-0.2, -0.15) is 0 Å². The lowest BCUT2D eigenvalue weighted by Crippen LogP contribution is -2.49. The lowest BCUT2D eigenvalue weighted by atomic mass is 10.2. The molecular weight excluding hydrogens is 400 g/mol. The molecule has 0 aliphatic carbocycles. The lowest BCUT2D eigenvalue weighted by molar-refractivity contribution is -0.120. The average Bonchev–Trinajstić information content (AvgIpc) is 3.08. The van der Waals surface area contributed by atoms with Crippen LogP contribution in [0, 0.1) is 0 Å². The Hall–Kier alpha value is -1.28. The summed E-state index contributed by atoms with van der Waals surface area (Å²) >= 11 is 4.98. The van der Waals surface area contributed by atoms with Gasteiger partial charge in [-0.3, -0.25) is 14.6 Å². The highest BCUT2D eigenvalue weighted by atomic mass is 79.9. The van der Waals surface area contributed by atoms with E-state index < -0.39 is 0 Å². The summed E-state index contributed by atoms with van der Waals surface area (Å²) in [5.41, 5.74) is 1.98. The van der Waals surface area contributed by atoms with E-state index in [0.717, 1.165) is 47.0 Å². The van der Waals surface area contributed by atoms with Crippen molar-refractivity contribution in [1.29, 1.82) is 0 Å². The maximum Gasteiger partial charge on any atom is 0.242 e. The predicted molar refractivity (Wildman–Crippen MR) is 107 cm³/mol. The minimum atomic E-state index is 0.128. The number of carbonyl (C=O) groups excluding carboxylic acids is 1. The first-order valence-corrected chi connectivity index (χ1v) is 10.2. The van der Waals surface area contributed by atoms with Crippen molar-refractivity contribution in [3.05, 3.63) is 34.1 Å². The first-order chi connectivity index (χ1) is 12.1. The van der Waals surface area contributed by atoms with Gasteiger partial charge < -0.3 is 4.90 Å². The molecule has 0 N–H and O–H groups in total. The molecule has 1 saturated heterocycles. The Labute approximate surface area is 161 Å². The zero-order valence-electron chi connectivity index (χ0n) is 14.6. The van der Waals surface area contributed by atoms with Crippen LogP contribution >= 0.6 is 27.3 Å². The topological polar surface area (TPSA) is 39.7 Å². The monoisotopic (exact) mass is 422 g/mol. The van der Waals surface area contributed by atoms with E-state index >= 15 is 0 Å². The highest BCUT2D eigenvalue weighted by Gasteiger charge is 2.22. The normalized spacial score (nSPS) is 16.1. The van der Waals surface area contributed by atoms with Crippen molar-refractivity contribution >= 4 is 38.3 Å². The molecule has 1 fully saturated rings. The summed E-state index contributed by atoms with van der Waals surface area (Å²) in [7, 11) is 2.12. The molecule has 1 amide bonds. The van der Waals surface area contributed by atoms with Gasteiger partial charge in [0.2, 0.25) is 5.91 Å². The number of anilines is 1. The largest absolute Gasteiger partial charge is 0.304 e. The summed E-state index contributed by atoms with van der Waals surface area (Å²) in [6.07, 6.45) is 0. The van der Waals surface area contributed by atoms with Gasteiger partial charge in [0.1, 0.15) is 0 Å². The first-order valence-electron chi connectivity index (χ1n) is 8.49. The van der Waals surface area contributed by atoms with Crippen molar-refractivity contribution in [2.24, 2.45) is 0 Å². The molecule has 0 radical (unpaired) electrons. The number of benzene rings is 1. The van der Waals surface area contributed by atoms with Gasteiger partial charge in [-0.05, 0) is 26.1 Å². The number of rotatable bonds is 5. The fourth-order valence-corrected chi connectivity index (χ4v) is 4.02. The van der Waals surface area contributed by atoms with Gasteiger partial charge in [0, 0.05) is 48.1 Å². The number of nitrogens with zero attached hydrogens (tertiary/aromatic N) is 4. The summed E-state index contributed by atoms with van der Waals surface area (Å²) in [5.74, 6) is 0.128. The van der Waals surface area contributed by atoms with Gasteiger partial charge in [0.25, 0.3) is 0 Å². The number of hydrogen-bond donors (Lipinski definition) is 0. The molecule has 2 aromatic rings. The predicted octanol–water partition coefficient (Wildman–Crippen LogP) is 3.17. The van der Waals surface area contributed by atoms with Gasteiger partial charge >= 0.3 is 0 Å². The number of hydrogen-bond acceptors (Lipinski definition) is 5. The molecule has 1 aromatic heterocycles. The molecule has 2 heterocycles. The zero-order valence-corrected chi connectivity index (χ0v) is 17.0. The maximum atomic E-state index is 12.7. The molecule has 3 rings (SSSR count). The Kier molecular flexibility index (Phi) is 6.22. The van der Waals surface area contributed by atoms with Crippen molar-refractivity contribution in [1.82, 2.24) is 14.8 Å². The molecule has 0 unspecified atom stereocenters. The van der Waals surface area contributed by atoms with Crippen LogP contribution in [0.5, 0.6) is 0 Å². The molecule has 0 atom stereocenters. The summed E-state index contributed by atoms with van der Waals surface area (Å²) in [5, 5.41) is 2.80. The second-order valence-corrected chi connectivity index (χ2v) is 7.99. The van der Waals surface area contributed by atoms with E-state index in [1.807, 2.05) is 36.6 Å². The fraction of sp³-hybridized carbons (Fsp3) is 0.444.